The molecule has 0 spiro atoms. The van der Waals surface area contributed by atoms with Gasteiger partial charge in [0.05, 0.1) is 16.7 Å². The molecule has 262 valence electrons. The highest BCUT2D eigenvalue weighted by Gasteiger charge is 2.41. The topological polar surface area (TPSA) is 23.4 Å². The monoisotopic (exact) mass is 699 g/mol. The molecule has 0 saturated carbocycles. The van der Waals surface area contributed by atoms with Gasteiger partial charge in [-0.3, -0.25) is 0 Å². The van der Waals surface area contributed by atoms with Crippen molar-refractivity contribution in [3.8, 4) is 50.9 Å². The zero-order valence-electron chi connectivity index (χ0n) is 31.7. The third kappa shape index (κ3) is 5.19. The van der Waals surface area contributed by atoms with E-state index in [1.54, 1.807) is 0 Å². The van der Waals surface area contributed by atoms with Gasteiger partial charge in [0.2, 0.25) is 0 Å². The molecule has 1 aromatic heterocycles. The van der Waals surface area contributed by atoms with Crippen molar-refractivity contribution in [1.29, 1.82) is 0 Å². The van der Waals surface area contributed by atoms with Crippen molar-refractivity contribution in [3.05, 3.63) is 157 Å². The van der Waals surface area contributed by atoms with Crippen molar-refractivity contribution in [2.24, 2.45) is 0 Å². The molecule has 8 aromatic rings. The zero-order chi connectivity index (χ0) is 36.9. The Morgan fingerprint density at radius 3 is 1.30 bits per heavy atom. The van der Waals surface area contributed by atoms with E-state index in [0.717, 1.165) is 45.1 Å². The molecule has 0 bridgehead atoms. The van der Waals surface area contributed by atoms with Crippen molar-refractivity contribution in [2.45, 2.75) is 52.4 Å². The number of ether oxygens (including phenoxy) is 2. The maximum Gasteiger partial charge on any atom is 0.260 e. The number of rotatable bonds is 3. The first-order chi connectivity index (χ1) is 26.0. The molecule has 3 heterocycles. The Labute approximate surface area is 317 Å². The molecule has 0 unspecified atom stereocenters. The molecule has 0 fully saturated rings. The van der Waals surface area contributed by atoms with Crippen LogP contribution in [0.1, 0.15) is 52.7 Å². The standard InChI is InChI=1S/C50H42BNO2/c1-49(2,3)35-19-21-42-38(27-35)39-28-36(50(4,5)6)20-22-43(39)52(42)37-29-46-48-47(30-37)54-45-24-18-34(32-15-11-8-12-16-32)26-41(45)51(48)40-25-33(17-23-44(40)53-46)31-13-9-7-10-14-31/h7-30H,1-6H3. The molecule has 54 heavy (non-hydrogen) atoms. The summed E-state index contributed by atoms with van der Waals surface area (Å²) in [4.78, 5) is 0. The molecule has 4 heteroatoms. The number of fused-ring (bicyclic) bond motifs is 7. The van der Waals surface area contributed by atoms with Gasteiger partial charge >= 0.3 is 0 Å². The Hall–Kier alpha value is -6.00. The molecule has 0 atom stereocenters. The lowest BCUT2D eigenvalue weighted by Crippen LogP contribution is -2.57. The maximum absolute atomic E-state index is 6.94. The fraction of sp³-hybridized carbons (Fsp3) is 0.160. The summed E-state index contributed by atoms with van der Waals surface area (Å²) >= 11 is 0. The largest absolute Gasteiger partial charge is 0.458 e. The predicted octanol–water partition coefficient (Wildman–Crippen LogP) is 11.4. The van der Waals surface area contributed by atoms with Crippen molar-refractivity contribution >= 4 is 44.9 Å². The molecular formula is C50H42BNO2. The van der Waals surface area contributed by atoms with Gasteiger partial charge in [0.15, 0.2) is 0 Å². The van der Waals surface area contributed by atoms with Gasteiger partial charge in [-0.15, -0.1) is 0 Å². The van der Waals surface area contributed by atoms with Gasteiger partial charge in [-0.05, 0) is 91.5 Å². The fourth-order valence-corrected chi connectivity index (χ4v) is 8.47. The molecule has 0 radical (unpaired) electrons. The highest BCUT2D eigenvalue weighted by molar-refractivity contribution is 6.98. The molecule has 2 aliphatic heterocycles. The highest BCUT2D eigenvalue weighted by Crippen LogP contribution is 2.42. The number of nitrogens with zero attached hydrogens (tertiary/aromatic N) is 1. The summed E-state index contributed by atoms with van der Waals surface area (Å²) in [6.07, 6.45) is 0. The van der Waals surface area contributed by atoms with E-state index in [4.69, 9.17) is 9.47 Å². The van der Waals surface area contributed by atoms with E-state index in [1.807, 2.05) is 0 Å². The van der Waals surface area contributed by atoms with E-state index in [-0.39, 0.29) is 17.5 Å². The molecule has 0 aliphatic carbocycles. The molecule has 0 saturated heterocycles. The average Bonchev–Trinajstić information content (AvgIpc) is 3.50. The van der Waals surface area contributed by atoms with Gasteiger partial charge in [0.25, 0.3) is 6.71 Å². The summed E-state index contributed by atoms with van der Waals surface area (Å²) in [6, 6.07) is 52.9. The first kappa shape index (κ1) is 32.6. The first-order valence-corrected chi connectivity index (χ1v) is 19.0. The van der Waals surface area contributed by atoms with E-state index in [1.165, 1.54) is 55.2 Å². The van der Waals surface area contributed by atoms with Gasteiger partial charge in [-0.1, -0.05) is 139 Å². The number of hydrogen-bond donors (Lipinski definition) is 0. The van der Waals surface area contributed by atoms with E-state index in [0.29, 0.717) is 0 Å². The van der Waals surface area contributed by atoms with E-state index in [9.17, 15) is 0 Å². The summed E-state index contributed by atoms with van der Waals surface area (Å²) in [7, 11) is 0. The third-order valence-corrected chi connectivity index (χ3v) is 11.4. The normalized spacial score (nSPS) is 13.3. The highest BCUT2D eigenvalue weighted by atomic mass is 16.5. The first-order valence-electron chi connectivity index (χ1n) is 19.0. The van der Waals surface area contributed by atoms with Crippen molar-refractivity contribution in [1.82, 2.24) is 4.57 Å². The third-order valence-electron chi connectivity index (χ3n) is 11.4. The van der Waals surface area contributed by atoms with Crippen LogP contribution in [0.4, 0.5) is 0 Å². The van der Waals surface area contributed by atoms with Gasteiger partial charge in [0.1, 0.15) is 23.0 Å². The quantitative estimate of drug-likeness (QED) is 0.171. The predicted molar refractivity (Wildman–Crippen MR) is 227 cm³/mol. The van der Waals surface area contributed by atoms with Crippen molar-refractivity contribution in [3.63, 3.8) is 0 Å². The summed E-state index contributed by atoms with van der Waals surface area (Å²) in [5.41, 5.74) is 14.1. The van der Waals surface area contributed by atoms with Crippen LogP contribution in [0.25, 0.3) is 49.7 Å². The number of hydrogen-bond acceptors (Lipinski definition) is 2. The van der Waals surface area contributed by atoms with Gasteiger partial charge < -0.3 is 14.0 Å². The molecule has 0 N–H and O–H groups in total. The van der Waals surface area contributed by atoms with Crippen LogP contribution in [0, 0.1) is 0 Å². The van der Waals surface area contributed by atoms with Crippen LogP contribution in [0.15, 0.2) is 146 Å². The van der Waals surface area contributed by atoms with Crippen molar-refractivity contribution < 1.29 is 9.47 Å². The second-order valence-corrected chi connectivity index (χ2v) is 17.0. The zero-order valence-corrected chi connectivity index (χ0v) is 31.7. The Morgan fingerprint density at radius 2 is 0.870 bits per heavy atom. The molecule has 3 nitrogen and oxygen atoms in total. The van der Waals surface area contributed by atoms with Crippen LogP contribution in [-0.4, -0.2) is 11.3 Å². The minimum absolute atomic E-state index is 0.0263. The van der Waals surface area contributed by atoms with Crippen LogP contribution < -0.4 is 25.9 Å². The second kappa shape index (κ2) is 11.8. The van der Waals surface area contributed by atoms with E-state index >= 15 is 0 Å². The smallest absolute Gasteiger partial charge is 0.260 e. The summed E-state index contributed by atoms with van der Waals surface area (Å²) < 4.78 is 16.3. The van der Waals surface area contributed by atoms with Crippen LogP contribution >= 0.6 is 0 Å². The second-order valence-electron chi connectivity index (χ2n) is 17.0. The van der Waals surface area contributed by atoms with Crippen LogP contribution in [-0.2, 0) is 10.8 Å². The fourth-order valence-electron chi connectivity index (χ4n) is 8.47. The lowest BCUT2D eigenvalue weighted by molar-refractivity contribution is 0.464. The summed E-state index contributed by atoms with van der Waals surface area (Å²) in [5, 5.41) is 2.51. The maximum atomic E-state index is 6.94. The minimum atomic E-state index is -0.0642. The molecule has 10 rings (SSSR count). The van der Waals surface area contributed by atoms with E-state index in [2.05, 4.69) is 192 Å². The van der Waals surface area contributed by atoms with Crippen LogP contribution in [0.3, 0.4) is 0 Å². The summed E-state index contributed by atoms with van der Waals surface area (Å²) in [6.45, 7) is 13.7. The average molecular weight is 700 g/mol. The molecule has 7 aromatic carbocycles. The number of benzene rings is 7. The lowest BCUT2D eigenvalue weighted by Gasteiger charge is -2.34. The Balaban J connectivity index is 1.21. The van der Waals surface area contributed by atoms with Crippen LogP contribution in [0.5, 0.6) is 23.0 Å². The Morgan fingerprint density at radius 1 is 0.426 bits per heavy atom. The lowest BCUT2D eigenvalue weighted by atomic mass is 9.34. The van der Waals surface area contributed by atoms with Gasteiger partial charge in [0, 0.05) is 28.4 Å². The Kier molecular flexibility index (Phi) is 7.10. The Bertz CT molecular complexity index is 2600. The van der Waals surface area contributed by atoms with Gasteiger partial charge in [-0.2, -0.15) is 0 Å². The SMILES string of the molecule is CC(C)(C)c1ccc2c(c1)c1cc(C(C)(C)C)ccc1n2-c1cc2c3c(c1)Oc1ccc(-c4ccccc4)cc1B3c1cc(-c3ccccc3)ccc1O2. The molecule has 2 aliphatic rings. The summed E-state index contributed by atoms with van der Waals surface area (Å²) in [5.74, 6) is 3.41. The van der Waals surface area contributed by atoms with E-state index < -0.39 is 0 Å². The van der Waals surface area contributed by atoms with Crippen molar-refractivity contribution in [2.75, 3.05) is 0 Å². The minimum Gasteiger partial charge on any atom is -0.458 e. The van der Waals surface area contributed by atoms with Gasteiger partial charge in [-0.25, -0.2) is 0 Å². The molecule has 0 amide bonds. The number of aromatic nitrogens is 1. The molecular weight excluding hydrogens is 657 g/mol. The van der Waals surface area contributed by atoms with Crippen LogP contribution in [0.2, 0.25) is 0 Å².